The molecule has 0 bridgehead atoms. The highest BCUT2D eigenvalue weighted by atomic mass is 19.1. The van der Waals surface area contributed by atoms with Crippen molar-refractivity contribution in [3.63, 3.8) is 0 Å². The fourth-order valence-electron chi connectivity index (χ4n) is 2.36. The Labute approximate surface area is 160 Å². The Bertz CT molecular complexity index is 958. The van der Waals surface area contributed by atoms with E-state index in [1.807, 2.05) is 13.8 Å². The van der Waals surface area contributed by atoms with Crippen LogP contribution < -0.4 is 15.4 Å². The number of rotatable bonds is 6. The van der Waals surface area contributed by atoms with Crippen molar-refractivity contribution < 1.29 is 18.3 Å². The van der Waals surface area contributed by atoms with Crippen LogP contribution in [-0.2, 0) is 0 Å². The lowest BCUT2D eigenvalue weighted by Crippen LogP contribution is -2.15. The van der Waals surface area contributed by atoms with Gasteiger partial charge in [0, 0.05) is 11.9 Å². The average molecular weight is 384 g/mol. The van der Waals surface area contributed by atoms with Crippen LogP contribution in [0.4, 0.5) is 26.1 Å². The second kappa shape index (κ2) is 8.43. The van der Waals surface area contributed by atoms with E-state index in [0.717, 1.165) is 12.1 Å². The van der Waals surface area contributed by atoms with Crippen LogP contribution in [0.3, 0.4) is 0 Å². The maximum absolute atomic E-state index is 13.7. The number of hydrogen-bond donors (Lipinski definition) is 2. The zero-order valence-electron chi connectivity index (χ0n) is 15.2. The number of para-hydroxylation sites is 1. The van der Waals surface area contributed by atoms with Gasteiger partial charge in [0.15, 0.2) is 0 Å². The van der Waals surface area contributed by atoms with Crippen molar-refractivity contribution >= 4 is 23.2 Å². The molecule has 0 atom stereocenters. The van der Waals surface area contributed by atoms with Gasteiger partial charge in [-0.25, -0.2) is 18.7 Å². The molecule has 3 aromatic rings. The van der Waals surface area contributed by atoms with Gasteiger partial charge >= 0.3 is 0 Å². The lowest BCUT2D eigenvalue weighted by atomic mass is 10.3. The molecule has 1 amide bonds. The van der Waals surface area contributed by atoms with Gasteiger partial charge in [0.2, 0.25) is 5.95 Å². The molecule has 8 heteroatoms. The minimum atomic E-state index is -0.790. The predicted octanol–water partition coefficient (Wildman–Crippen LogP) is 4.54. The number of carbonyl (C=O) groups excluding carboxylic acids is 1. The number of aromatic nitrogens is 2. The van der Waals surface area contributed by atoms with Gasteiger partial charge in [-0.1, -0.05) is 6.07 Å². The number of ether oxygens (including phenoxy) is 1. The highest BCUT2D eigenvalue weighted by molar-refractivity contribution is 6.03. The molecule has 0 aliphatic rings. The molecule has 0 radical (unpaired) electrons. The van der Waals surface area contributed by atoms with Crippen LogP contribution >= 0.6 is 0 Å². The summed E-state index contributed by atoms with van der Waals surface area (Å²) >= 11 is 0. The fourth-order valence-corrected chi connectivity index (χ4v) is 2.36. The van der Waals surface area contributed by atoms with E-state index in [1.165, 1.54) is 18.3 Å². The summed E-state index contributed by atoms with van der Waals surface area (Å²) in [7, 11) is 0. The number of nitrogens with one attached hydrogen (secondary N) is 2. The molecule has 1 heterocycles. The second-order valence-corrected chi connectivity index (χ2v) is 6.13. The molecular weight excluding hydrogens is 366 g/mol. The second-order valence-electron chi connectivity index (χ2n) is 6.13. The third-order valence-electron chi connectivity index (χ3n) is 3.57. The van der Waals surface area contributed by atoms with Gasteiger partial charge in [0.05, 0.1) is 6.10 Å². The maximum Gasteiger partial charge on any atom is 0.274 e. The summed E-state index contributed by atoms with van der Waals surface area (Å²) in [6.45, 7) is 3.84. The average Bonchev–Trinajstić information content (AvgIpc) is 2.66. The lowest BCUT2D eigenvalue weighted by Gasteiger charge is -2.11. The Morgan fingerprint density at radius 2 is 1.71 bits per heavy atom. The highest BCUT2D eigenvalue weighted by Gasteiger charge is 2.13. The molecular formula is C20H18F2N4O2. The van der Waals surface area contributed by atoms with Gasteiger partial charge in [-0.15, -0.1) is 0 Å². The van der Waals surface area contributed by atoms with Crippen LogP contribution in [-0.4, -0.2) is 22.0 Å². The molecule has 0 unspecified atom stereocenters. The van der Waals surface area contributed by atoms with Gasteiger partial charge in [-0.3, -0.25) is 4.79 Å². The van der Waals surface area contributed by atoms with E-state index in [-0.39, 0.29) is 23.4 Å². The number of benzene rings is 2. The molecule has 2 aromatic carbocycles. The minimum absolute atomic E-state index is 0.0387. The van der Waals surface area contributed by atoms with Crippen molar-refractivity contribution in [3.05, 3.63) is 72.1 Å². The van der Waals surface area contributed by atoms with Crippen molar-refractivity contribution in [3.8, 4) is 5.75 Å². The SMILES string of the molecule is CC(C)Oc1ccc(NC(=O)c2ccnc(Nc3c(F)cccc3F)n2)cc1. The van der Waals surface area contributed by atoms with Crippen molar-refractivity contribution in [1.82, 2.24) is 9.97 Å². The summed E-state index contributed by atoms with van der Waals surface area (Å²) in [5.74, 6) is -1.48. The number of carbonyl (C=O) groups is 1. The summed E-state index contributed by atoms with van der Waals surface area (Å²) in [5.41, 5.74) is 0.201. The van der Waals surface area contributed by atoms with E-state index in [4.69, 9.17) is 4.74 Å². The number of amides is 1. The molecule has 144 valence electrons. The van der Waals surface area contributed by atoms with E-state index in [0.29, 0.717) is 11.4 Å². The third kappa shape index (κ3) is 4.79. The van der Waals surface area contributed by atoms with Crippen LogP contribution in [0.25, 0.3) is 0 Å². The summed E-state index contributed by atoms with van der Waals surface area (Å²) in [5, 5.41) is 5.15. The monoisotopic (exact) mass is 384 g/mol. The summed E-state index contributed by atoms with van der Waals surface area (Å²) < 4.78 is 33.0. The Morgan fingerprint density at radius 1 is 1.04 bits per heavy atom. The van der Waals surface area contributed by atoms with Crippen LogP contribution in [0, 0.1) is 11.6 Å². The molecule has 1 aromatic heterocycles. The topological polar surface area (TPSA) is 76.1 Å². The molecule has 2 N–H and O–H groups in total. The van der Waals surface area contributed by atoms with Gasteiger partial charge in [-0.2, -0.15) is 0 Å². The number of hydrogen-bond acceptors (Lipinski definition) is 5. The molecule has 28 heavy (non-hydrogen) atoms. The van der Waals surface area contributed by atoms with Gasteiger partial charge in [-0.05, 0) is 56.3 Å². The van der Waals surface area contributed by atoms with E-state index >= 15 is 0 Å². The van der Waals surface area contributed by atoms with E-state index in [9.17, 15) is 13.6 Å². The van der Waals surface area contributed by atoms with Crippen molar-refractivity contribution in [2.75, 3.05) is 10.6 Å². The van der Waals surface area contributed by atoms with E-state index < -0.39 is 17.5 Å². The predicted molar refractivity (Wildman–Crippen MR) is 102 cm³/mol. The van der Waals surface area contributed by atoms with Crippen LogP contribution in [0.15, 0.2) is 54.7 Å². The molecule has 0 aliphatic heterocycles. The van der Waals surface area contributed by atoms with Crippen LogP contribution in [0.1, 0.15) is 24.3 Å². The zero-order chi connectivity index (χ0) is 20.1. The highest BCUT2D eigenvalue weighted by Crippen LogP contribution is 2.21. The van der Waals surface area contributed by atoms with Crippen LogP contribution in [0.5, 0.6) is 5.75 Å². The van der Waals surface area contributed by atoms with Crippen molar-refractivity contribution in [1.29, 1.82) is 0 Å². The van der Waals surface area contributed by atoms with Gasteiger partial charge in [0.25, 0.3) is 5.91 Å². The molecule has 0 fully saturated rings. The van der Waals surface area contributed by atoms with Gasteiger partial charge < -0.3 is 15.4 Å². The van der Waals surface area contributed by atoms with E-state index in [2.05, 4.69) is 20.6 Å². The Kier molecular flexibility index (Phi) is 5.78. The standard InChI is InChI=1S/C20H18F2N4O2/c1-12(2)28-14-8-6-13(7-9-14)24-19(27)17-10-11-23-20(25-17)26-18-15(21)4-3-5-16(18)22/h3-12H,1-2H3,(H,24,27)(H,23,25,26). The first-order valence-electron chi connectivity index (χ1n) is 8.54. The number of nitrogens with zero attached hydrogens (tertiary/aromatic N) is 2. The number of anilines is 3. The Balaban J connectivity index is 1.72. The van der Waals surface area contributed by atoms with E-state index in [1.54, 1.807) is 24.3 Å². The first-order valence-corrected chi connectivity index (χ1v) is 8.54. The smallest absolute Gasteiger partial charge is 0.274 e. The Hall–Kier alpha value is -3.55. The molecule has 0 saturated carbocycles. The molecule has 3 rings (SSSR count). The minimum Gasteiger partial charge on any atom is -0.491 e. The summed E-state index contributed by atoms with van der Waals surface area (Å²) in [6.07, 6.45) is 1.37. The molecule has 6 nitrogen and oxygen atoms in total. The van der Waals surface area contributed by atoms with Gasteiger partial charge in [0.1, 0.15) is 28.8 Å². The normalized spacial score (nSPS) is 10.6. The summed E-state index contributed by atoms with van der Waals surface area (Å²) in [6, 6.07) is 11.7. The van der Waals surface area contributed by atoms with Crippen molar-refractivity contribution in [2.24, 2.45) is 0 Å². The first kappa shape index (κ1) is 19.2. The fraction of sp³-hybridized carbons (Fsp3) is 0.150. The third-order valence-corrected chi connectivity index (χ3v) is 3.57. The zero-order valence-corrected chi connectivity index (χ0v) is 15.2. The Morgan fingerprint density at radius 3 is 2.36 bits per heavy atom. The largest absolute Gasteiger partial charge is 0.491 e. The summed E-state index contributed by atoms with van der Waals surface area (Å²) in [4.78, 5) is 20.3. The van der Waals surface area contributed by atoms with Crippen molar-refractivity contribution in [2.45, 2.75) is 20.0 Å². The number of halogens is 2. The lowest BCUT2D eigenvalue weighted by molar-refractivity contribution is 0.102. The van der Waals surface area contributed by atoms with Crippen LogP contribution in [0.2, 0.25) is 0 Å². The molecule has 0 spiro atoms. The quantitative estimate of drug-likeness (QED) is 0.653. The maximum atomic E-state index is 13.7. The molecule has 0 aliphatic carbocycles. The first-order chi connectivity index (χ1) is 13.4. The molecule has 0 saturated heterocycles.